The maximum absolute atomic E-state index is 12.4. The first-order valence-electron chi connectivity index (χ1n) is 8.20. The molecule has 5 nitrogen and oxygen atoms in total. The van der Waals surface area contributed by atoms with E-state index in [4.69, 9.17) is 0 Å². The lowest BCUT2D eigenvalue weighted by Crippen LogP contribution is -2.58. The number of hydrogen-bond donors (Lipinski definition) is 0. The molecular weight excluding hydrogens is 357 g/mol. The van der Waals surface area contributed by atoms with Crippen LogP contribution in [-0.4, -0.2) is 67.8 Å². The SMILES string of the molecule is CCN1CCN(Cc2cccc(OC(F)(F)F)c2)[C@H]2CS(=O)(=O)C[C@H]21. The number of fused-ring (bicyclic) bond motifs is 1. The van der Waals surface area contributed by atoms with Crippen molar-refractivity contribution < 1.29 is 26.3 Å². The molecule has 2 saturated heterocycles. The molecular formula is C16H21F3N2O3S. The van der Waals surface area contributed by atoms with Gasteiger partial charge in [-0.15, -0.1) is 13.2 Å². The first kappa shape index (κ1) is 18.5. The third-order valence-electron chi connectivity index (χ3n) is 4.83. The molecule has 0 aromatic heterocycles. The third kappa shape index (κ3) is 4.45. The molecule has 0 bridgehead atoms. The molecule has 0 unspecified atom stereocenters. The zero-order chi connectivity index (χ0) is 18.2. The average molecular weight is 378 g/mol. The molecule has 2 heterocycles. The summed E-state index contributed by atoms with van der Waals surface area (Å²) in [5.41, 5.74) is 0.676. The maximum atomic E-state index is 12.4. The number of benzene rings is 1. The molecule has 2 atom stereocenters. The topological polar surface area (TPSA) is 49.9 Å². The minimum absolute atomic E-state index is 0.0432. The Morgan fingerprint density at radius 2 is 1.80 bits per heavy atom. The summed E-state index contributed by atoms with van der Waals surface area (Å²) in [5, 5.41) is 0. The fourth-order valence-electron chi connectivity index (χ4n) is 3.76. The van der Waals surface area contributed by atoms with E-state index in [1.807, 2.05) is 6.92 Å². The van der Waals surface area contributed by atoms with Crippen molar-refractivity contribution in [3.05, 3.63) is 29.8 Å². The van der Waals surface area contributed by atoms with Gasteiger partial charge < -0.3 is 4.74 Å². The minimum atomic E-state index is -4.73. The summed E-state index contributed by atoms with van der Waals surface area (Å²) in [6, 6.07) is 5.70. The molecule has 0 saturated carbocycles. The normalized spacial score (nSPS) is 27.2. The Bertz CT molecular complexity index is 724. The van der Waals surface area contributed by atoms with Gasteiger partial charge in [-0.05, 0) is 24.2 Å². The number of piperazine rings is 1. The summed E-state index contributed by atoms with van der Waals surface area (Å²) in [6.45, 7) is 4.65. The lowest BCUT2D eigenvalue weighted by Gasteiger charge is -2.43. The van der Waals surface area contributed by atoms with E-state index in [1.165, 1.54) is 18.2 Å². The number of nitrogens with zero attached hydrogens (tertiary/aromatic N) is 2. The molecule has 25 heavy (non-hydrogen) atoms. The van der Waals surface area contributed by atoms with Crippen molar-refractivity contribution >= 4 is 9.84 Å². The minimum Gasteiger partial charge on any atom is -0.406 e. The van der Waals surface area contributed by atoms with Crippen LogP contribution in [0.3, 0.4) is 0 Å². The molecule has 0 radical (unpaired) electrons. The van der Waals surface area contributed by atoms with Crippen LogP contribution >= 0.6 is 0 Å². The van der Waals surface area contributed by atoms with Crippen molar-refractivity contribution in [3.8, 4) is 5.75 Å². The van der Waals surface area contributed by atoms with Crippen molar-refractivity contribution in [3.63, 3.8) is 0 Å². The molecule has 3 rings (SSSR count). The van der Waals surface area contributed by atoms with Crippen LogP contribution in [-0.2, 0) is 16.4 Å². The Morgan fingerprint density at radius 3 is 2.44 bits per heavy atom. The predicted octanol–water partition coefficient (Wildman–Crippen LogP) is 1.89. The smallest absolute Gasteiger partial charge is 0.406 e. The van der Waals surface area contributed by atoms with E-state index >= 15 is 0 Å². The number of ether oxygens (including phenoxy) is 1. The lowest BCUT2D eigenvalue weighted by molar-refractivity contribution is -0.274. The molecule has 0 spiro atoms. The van der Waals surface area contributed by atoms with E-state index in [0.29, 0.717) is 18.7 Å². The largest absolute Gasteiger partial charge is 0.573 e. The standard InChI is InChI=1S/C16H21F3N2O3S/c1-2-20-6-7-21(15-11-25(22,23)10-14(15)20)9-12-4-3-5-13(8-12)24-16(17,18)19/h3-5,8,14-15H,2,6-7,9-11H2,1H3/t14-,15+/m1/s1. The third-order valence-corrected chi connectivity index (χ3v) is 6.53. The first-order valence-corrected chi connectivity index (χ1v) is 10.0. The Balaban J connectivity index is 1.76. The van der Waals surface area contributed by atoms with Crippen LogP contribution in [0, 0.1) is 0 Å². The molecule has 0 amide bonds. The Morgan fingerprint density at radius 1 is 1.16 bits per heavy atom. The van der Waals surface area contributed by atoms with Crippen LogP contribution in [0.2, 0.25) is 0 Å². The summed E-state index contributed by atoms with van der Waals surface area (Å²) in [4.78, 5) is 4.24. The van der Waals surface area contributed by atoms with Crippen LogP contribution in [0.5, 0.6) is 5.75 Å². The molecule has 2 aliphatic rings. The van der Waals surface area contributed by atoms with Gasteiger partial charge >= 0.3 is 6.36 Å². The van der Waals surface area contributed by atoms with Crippen LogP contribution in [0.25, 0.3) is 0 Å². The highest BCUT2D eigenvalue weighted by Gasteiger charge is 2.45. The van der Waals surface area contributed by atoms with Crippen molar-refractivity contribution in [2.75, 3.05) is 31.1 Å². The van der Waals surface area contributed by atoms with Crippen LogP contribution in [0.4, 0.5) is 13.2 Å². The molecule has 0 N–H and O–H groups in total. The zero-order valence-corrected chi connectivity index (χ0v) is 14.7. The average Bonchev–Trinajstić information content (AvgIpc) is 2.82. The van der Waals surface area contributed by atoms with E-state index in [-0.39, 0.29) is 29.3 Å². The van der Waals surface area contributed by atoms with Gasteiger partial charge in [-0.3, -0.25) is 9.80 Å². The fraction of sp³-hybridized carbons (Fsp3) is 0.625. The van der Waals surface area contributed by atoms with Gasteiger partial charge in [0.2, 0.25) is 0 Å². The quantitative estimate of drug-likeness (QED) is 0.801. The molecule has 2 aliphatic heterocycles. The number of halogens is 3. The highest BCUT2D eigenvalue weighted by molar-refractivity contribution is 7.91. The second kappa shape index (κ2) is 6.77. The summed E-state index contributed by atoms with van der Waals surface area (Å²) in [6.07, 6.45) is -4.73. The van der Waals surface area contributed by atoms with E-state index in [0.717, 1.165) is 13.1 Å². The highest BCUT2D eigenvalue weighted by Crippen LogP contribution is 2.29. The van der Waals surface area contributed by atoms with Crippen molar-refractivity contribution in [2.45, 2.75) is 31.9 Å². The molecule has 1 aromatic carbocycles. The first-order chi connectivity index (χ1) is 11.7. The van der Waals surface area contributed by atoms with Crippen LogP contribution in [0.15, 0.2) is 24.3 Å². The summed E-state index contributed by atoms with van der Waals surface area (Å²) >= 11 is 0. The zero-order valence-electron chi connectivity index (χ0n) is 13.9. The van der Waals surface area contributed by atoms with E-state index < -0.39 is 16.2 Å². The van der Waals surface area contributed by atoms with Gasteiger partial charge in [-0.1, -0.05) is 19.1 Å². The lowest BCUT2D eigenvalue weighted by atomic mass is 10.0. The Labute approximate surface area is 145 Å². The number of likely N-dealkylation sites (N-methyl/N-ethyl adjacent to an activating group) is 1. The van der Waals surface area contributed by atoms with Gasteiger partial charge in [0.05, 0.1) is 11.5 Å². The van der Waals surface area contributed by atoms with Gasteiger partial charge in [0.25, 0.3) is 0 Å². The summed E-state index contributed by atoms with van der Waals surface area (Å²) in [7, 11) is -3.09. The number of hydrogen-bond acceptors (Lipinski definition) is 5. The second-order valence-electron chi connectivity index (χ2n) is 6.51. The maximum Gasteiger partial charge on any atom is 0.573 e. The second-order valence-corrected chi connectivity index (χ2v) is 8.66. The highest BCUT2D eigenvalue weighted by atomic mass is 32.2. The fourth-order valence-corrected chi connectivity index (χ4v) is 5.80. The Kier molecular flexibility index (Phi) is 5.00. The molecule has 140 valence electrons. The monoisotopic (exact) mass is 378 g/mol. The van der Waals surface area contributed by atoms with E-state index in [2.05, 4.69) is 14.5 Å². The van der Waals surface area contributed by atoms with Gasteiger partial charge in [-0.25, -0.2) is 8.42 Å². The van der Waals surface area contributed by atoms with E-state index in [9.17, 15) is 21.6 Å². The molecule has 0 aliphatic carbocycles. The predicted molar refractivity (Wildman–Crippen MR) is 87.0 cm³/mol. The van der Waals surface area contributed by atoms with Gasteiger partial charge in [0.1, 0.15) is 5.75 Å². The van der Waals surface area contributed by atoms with Crippen molar-refractivity contribution in [2.24, 2.45) is 0 Å². The van der Waals surface area contributed by atoms with Crippen LogP contribution in [0.1, 0.15) is 12.5 Å². The van der Waals surface area contributed by atoms with Crippen LogP contribution < -0.4 is 4.74 Å². The summed E-state index contributed by atoms with van der Waals surface area (Å²) < 4.78 is 65.2. The Hall–Kier alpha value is -1.32. The van der Waals surface area contributed by atoms with Crippen molar-refractivity contribution in [1.82, 2.24) is 9.80 Å². The van der Waals surface area contributed by atoms with Gasteiger partial charge in [-0.2, -0.15) is 0 Å². The molecule has 1 aromatic rings. The molecule has 2 fully saturated rings. The molecule has 9 heteroatoms. The summed E-state index contributed by atoms with van der Waals surface area (Å²) in [5.74, 6) is -0.000587. The number of sulfone groups is 1. The van der Waals surface area contributed by atoms with Gasteiger partial charge in [0, 0.05) is 31.7 Å². The number of alkyl halides is 3. The van der Waals surface area contributed by atoms with E-state index in [1.54, 1.807) is 6.07 Å². The number of rotatable bonds is 4. The van der Waals surface area contributed by atoms with Gasteiger partial charge in [0.15, 0.2) is 9.84 Å². The van der Waals surface area contributed by atoms with Crippen molar-refractivity contribution in [1.29, 1.82) is 0 Å².